The van der Waals surface area contributed by atoms with E-state index >= 15 is 0 Å². The maximum atomic E-state index is 5.93. The van der Waals surface area contributed by atoms with Crippen LogP contribution in [0.15, 0.2) is 24.4 Å². The number of rotatable bonds is 13. The van der Waals surface area contributed by atoms with Crippen molar-refractivity contribution in [3.8, 4) is 5.75 Å². The van der Waals surface area contributed by atoms with Crippen molar-refractivity contribution < 1.29 is 4.74 Å². The van der Waals surface area contributed by atoms with Crippen molar-refractivity contribution in [2.75, 3.05) is 13.2 Å². The highest BCUT2D eigenvalue weighted by Crippen LogP contribution is 2.24. The van der Waals surface area contributed by atoms with Gasteiger partial charge in [-0.25, -0.2) is 0 Å². The quantitative estimate of drug-likeness (QED) is 0.427. The van der Waals surface area contributed by atoms with E-state index in [9.17, 15) is 0 Å². The fraction of sp³-hybridized carbons (Fsp3) is 0.619. The van der Waals surface area contributed by atoms with E-state index < -0.39 is 0 Å². The van der Waals surface area contributed by atoms with Crippen LogP contribution in [0.2, 0.25) is 0 Å². The van der Waals surface area contributed by atoms with Gasteiger partial charge in [0.25, 0.3) is 0 Å². The standard InChI is InChI=1S/C21H34N2O.ClH/c1-2-3-4-5-6-7-8-9-10-15-24-19-11-12-21-20(16-19)18(13-14-22)17-23-21;/h11-12,16-17,23H,2-10,13-15,22H2,1H3;1H. The summed E-state index contributed by atoms with van der Waals surface area (Å²) in [7, 11) is 0. The lowest BCUT2D eigenvalue weighted by atomic mass is 10.1. The number of ether oxygens (including phenoxy) is 1. The van der Waals surface area contributed by atoms with Crippen molar-refractivity contribution >= 4 is 23.3 Å². The molecule has 0 radical (unpaired) electrons. The van der Waals surface area contributed by atoms with Gasteiger partial charge in [-0.1, -0.05) is 58.3 Å². The van der Waals surface area contributed by atoms with Gasteiger partial charge in [-0.15, -0.1) is 12.4 Å². The second-order valence-corrected chi connectivity index (χ2v) is 6.74. The van der Waals surface area contributed by atoms with Crippen molar-refractivity contribution in [1.29, 1.82) is 0 Å². The number of halogens is 1. The Hall–Kier alpha value is -1.19. The van der Waals surface area contributed by atoms with Crippen LogP contribution in [0.4, 0.5) is 0 Å². The smallest absolute Gasteiger partial charge is 0.120 e. The van der Waals surface area contributed by atoms with Gasteiger partial charge in [0.1, 0.15) is 5.75 Å². The number of unbranched alkanes of at least 4 members (excludes halogenated alkanes) is 8. The first-order valence-electron chi connectivity index (χ1n) is 9.78. The van der Waals surface area contributed by atoms with E-state index in [1.165, 1.54) is 62.3 Å². The maximum absolute atomic E-state index is 5.93. The second-order valence-electron chi connectivity index (χ2n) is 6.74. The molecule has 1 aromatic carbocycles. The molecule has 0 aliphatic rings. The van der Waals surface area contributed by atoms with Crippen LogP contribution in [-0.2, 0) is 6.42 Å². The van der Waals surface area contributed by atoms with Gasteiger partial charge in [-0.3, -0.25) is 0 Å². The Balaban J connectivity index is 0.00000312. The minimum absolute atomic E-state index is 0. The van der Waals surface area contributed by atoms with Gasteiger partial charge in [0.2, 0.25) is 0 Å². The highest BCUT2D eigenvalue weighted by molar-refractivity contribution is 5.85. The van der Waals surface area contributed by atoms with Gasteiger partial charge < -0.3 is 15.5 Å². The number of nitrogens with two attached hydrogens (primary N) is 1. The number of aromatic nitrogens is 1. The first-order chi connectivity index (χ1) is 11.8. The Morgan fingerprint density at radius 2 is 1.64 bits per heavy atom. The Kier molecular flexibility index (Phi) is 11.4. The van der Waals surface area contributed by atoms with Crippen LogP contribution in [0.25, 0.3) is 10.9 Å². The maximum Gasteiger partial charge on any atom is 0.120 e. The van der Waals surface area contributed by atoms with Crippen LogP contribution in [0.5, 0.6) is 5.75 Å². The molecule has 25 heavy (non-hydrogen) atoms. The molecule has 1 aromatic heterocycles. The van der Waals surface area contributed by atoms with Crippen molar-refractivity contribution in [2.24, 2.45) is 5.73 Å². The molecule has 0 spiro atoms. The van der Waals surface area contributed by atoms with Crippen LogP contribution in [0.1, 0.15) is 70.3 Å². The molecule has 0 saturated heterocycles. The molecular formula is C21H35ClN2O. The zero-order valence-corrected chi connectivity index (χ0v) is 16.5. The Morgan fingerprint density at radius 1 is 0.960 bits per heavy atom. The number of H-pyrrole nitrogens is 1. The van der Waals surface area contributed by atoms with Gasteiger partial charge >= 0.3 is 0 Å². The molecule has 3 nitrogen and oxygen atoms in total. The van der Waals surface area contributed by atoms with E-state index in [-0.39, 0.29) is 12.4 Å². The molecular weight excluding hydrogens is 332 g/mol. The van der Waals surface area contributed by atoms with Crippen molar-refractivity contribution in [1.82, 2.24) is 4.98 Å². The molecule has 0 unspecified atom stereocenters. The predicted octanol–water partition coefficient (Wildman–Crippen LogP) is 6.00. The second kappa shape index (κ2) is 13.1. The zero-order valence-electron chi connectivity index (χ0n) is 15.7. The minimum atomic E-state index is 0. The fourth-order valence-electron chi connectivity index (χ4n) is 3.21. The summed E-state index contributed by atoms with van der Waals surface area (Å²) >= 11 is 0. The molecule has 0 aliphatic heterocycles. The zero-order chi connectivity index (χ0) is 17.0. The summed E-state index contributed by atoms with van der Waals surface area (Å²) in [6.07, 6.45) is 15.0. The highest BCUT2D eigenvalue weighted by atomic mass is 35.5. The van der Waals surface area contributed by atoms with E-state index in [0.717, 1.165) is 30.7 Å². The van der Waals surface area contributed by atoms with Gasteiger partial charge in [0.05, 0.1) is 6.61 Å². The molecule has 2 aromatic rings. The van der Waals surface area contributed by atoms with Gasteiger partial charge in [0, 0.05) is 17.1 Å². The molecule has 0 saturated carbocycles. The number of nitrogens with one attached hydrogen (secondary N) is 1. The van der Waals surface area contributed by atoms with Crippen LogP contribution in [-0.4, -0.2) is 18.1 Å². The van der Waals surface area contributed by atoms with E-state index in [4.69, 9.17) is 10.5 Å². The summed E-state index contributed by atoms with van der Waals surface area (Å²) in [4.78, 5) is 3.30. The molecule has 4 heteroatoms. The first kappa shape index (κ1) is 21.9. The minimum Gasteiger partial charge on any atom is -0.494 e. The average molecular weight is 367 g/mol. The Labute approximate surface area is 159 Å². The van der Waals surface area contributed by atoms with Crippen LogP contribution in [0.3, 0.4) is 0 Å². The van der Waals surface area contributed by atoms with E-state index in [1.807, 2.05) is 0 Å². The average Bonchev–Trinajstić information content (AvgIpc) is 2.99. The monoisotopic (exact) mass is 366 g/mol. The highest BCUT2D eigenvalue weighted by Gasteiger charge is 2.04. The van der Waals surface area contributed by atoms with E-state index in [1.54, 1.807) is 0 Å². The Morgan fingerprint density at radius 3 is 2.32 bits per heavy atom. The summed E-state index contributed by atoms with van der Waals surface area (Å²) in [5, 5.41) is 1.24. The van der Waals surface area contributed by atoms with Crippen molar-refractivity contribution in [3.63, 3.8) is 0 Å². The molecule has 0 fully saturated rings. The third-order valence-corrected chi connectivity index (χ3v) is 4.67. The number of fused-ring (bicyclic) bond motifs is 1. The molecule has 0 bridgehead atoms. The fourth-order valence-corrected chi connectivity index (χ4v) is 3.21. The summed E-state index contributed by atoms with van der Waals surface area (Å²) in [6, 6.07) is 6.30. The third kappa shape index (κ3) is 7.70. The number of benzene rings is 1. The molecule has 2 rings (SSSR count). The van der Waals surface area contributed by atoms with Gasteiger partial charge in [0.15, 0.2) is 0 Å². The van der Waals surface area contributed by atoms with E-state index in [0.29, 0.717) is 6.54 Å². The largest absolute Gasteiger partial charge is 0.494 e. The van der Waals surface area contributed by atoms with Gasteiger partial charge in [-0.2, -0.15) is 0 Å². The summed E-state index contributed by atoms with van der Waals surface area (Å²) in [5.74, 6) is 0.972. The van der Waals surface area contributed by atoms with Crippen molar-refractivity contribution in [3.05, 3.63) is 30.0 Å². The number of hydrogen-bond donors (Lipinski definition) is 2. The summed E-state index contributed by atoms with van der Waals surface area (Å²) < 4.78 is 5.93. The van der Waals surface area contributed by atoms with Crippen LogP contribution < -0.4 is 10.5 Å². The lowest BCUT2D eigenvalue weighted by Gasteiger charge is -2.07. The molecule has 0 atom stereocenters. The predicted molar refractivity (Wildman–Crippen MR) is 111 cm³/mol. The van der Waals surface area contributed by atoms with Crippen molar-refractivity contribution in [2.45, 2.75) is 71.1 Å². The molecule has 142 valence electrons. The Bertz CT molecular complexity index is 582. The summed E-state index contributed by atoms with van der Waals surface area (Å²) in [5.41, 5.74) is 8.12. The normalized spacial score (nSPS) is 10.8. The first-order valence-corrected chi connectivity index (χ1v) is 9.78. The SMILES string of the molecule is CCCCCCCCCCCOc1ccc2[nH]cc(CCN)c2c1.Cl. The molecule has 1 heterocycles. The molecule has 0 amide bonds. The lowest BCUT2D eigenvalue weighted by Crippen LogP contribution is -2.02. The topological polar surface area (TPSA) is 51.0 Å². The van der Waals surface area contributed by atoms with Gasteiger partial charge in [-0.05, 0) is 43.1 Å². The van der Waals surface area contributed by atoms with Crippen LogP contribution in [0, 0.1) is 0 Å². The lowest BCUT2D eigenvalue weighted by molar-refractivity contribution is 0.304. The molecule has 3 N–H and O–H groups in total. The molecule has 0 aliphatic carbocycles. The van der Waals surface area contributed by atoms with Crippen LogP contribution >= 0.6 is 12.4 Å². The van der Waals surface area contributed by atoms with E-state index in [2.05, 4.69) is 36.3 Å². The number of hydrogen-bond acceptors (Lipinski definition) is 2. The number of aromatic amines is 1. The summed E-state index contributed by atoms with van der Waals surface area (Å²) in [6.45, 7) is 3.77. The third-order valence-electron chi connectivity index (χ3n) is 4.67.